The molecular weight excluding hydrogens is 188 g/mol. The predicted octanol–water partition coefficient (Wildman–Crippen LogP) is 1.96. The molecule has 86 valence electrons. The van der Waals surface area contributed by atoms with Gasteiger partial charge in [-0.05, 0) is 18.8 Å². The zero-order chi connectivity index (χ0) is 11.6. The van der Waals surface area contributed by atoms with Crippen molar-refractivity contribution in [1.82, 2.24) is 10.2 Å². The molecule has 0 radical (unpaired) electrons. The molecule has 0 bridgehead atoms. The van der Waals surface area contributed by atoms with E-state index in [9.17, 15) is 4.79 Å². The van der Waals surface area contributed by atoms with Crippen molar-refractivity contribution in [3.8, 4) is 0 Å². The lowest BCUT2D eigenvalue weighted by atomic mass is 9.93. The third-order valence-electron chi connectivity index (χ3n) is 2.80. The molecule has 0 saturated heterocycles. The zero-order valence-electron chi connectivity index (χ0n) is 10.4. The summed E-state index contributed by atoms with van der Waals surface area (Å²) in [6, 6.07) is 0. The van der Waals surface area contributed by atoms with Crippen LogP contribution in [0.2, 0.25) is 0 Å². The lowest BCUT2D eigenvalue weighted by Crippen LogP contribution is -2.46. The summed E-state index contributed by atoms with van der Waals surface area (Å²) in [7, 11) is 0. The van der Waals surface area contributed by atoms with Gasteiger partial charge in [0.1, 0.15) is 0 Å². The molecule has 3 heteroatoms. The summed E-state index contributed by atoms with van der Waals surface area (Å²) < 4.78 is 0. The van der Waals surface area contributed by atoms with E-state index in [1.165, 1.54) is 0 Å². The Bertz CT molecular complexity index is 279. The third-order valence-corrected chi connectivity index (χ3v) is 2.80. The van der Waals surface area contributed by atoms with Gasteiger partial charge in [-0.3, -0.25) is 4.79 Å². The van der Waals surface area contributed by atoms with Gasteiger partial charge in [0, 0.05) is 17.8 Å². The van der Waals surface area contributed by atoms with E-state index >= 15 is 0 Å². The highest BCUT2D eigenvalue weighted by Crippen LogP contribution is 2.24. The van der Waals surface area contributed by atoms with Gasteiger partial charge in [-0.15, -0.1) is 0 Å². The molecular formula is C12H22N2O. The Balaban J connectivity index is 3.07. The number of hydrogen-bond acceptors (Lipinski definition) is 2. The fraction of sp³-hybridized carbons (Fsp3) is 0.750. The van der Waals surface area contributed by atoms with Crippen LogP contribution in [0.15, 0.2) is 11.3 Å². The maximum Gasteiger partial charge on any atom is 0.253 e. The Morgan fingerprint density at radius 2 is 1.87 bits per heavy atom. The quantitative estimate of drug-likeness (QED) is 0.772. The summed E-state index contributed by atoms with van der Waals surface area (Å²) in [4.78, 5) is 14.0. The van der Waals surface area contributed by atoms with Crippen molar-refractivity contribution >= 4 is 5.91 Å². The molecule has 0 atom stereocenters. The first-order valence-corrected chi connectivity index (χ1v) is 5.76. The van der Waals surface area contributed by atoms with E-state index < -0.39 is 0 Å². The monoisotopic (exact) mass is 210 g/mol. The average Bonchev–Trinajstić information content (AvgIpc) is 2.16. The molecule has 0 fully saturated rings. The minimum absolute atomic E-state index is 0.204. The van der Waals surface area contributed by atoms with Crippen molar-refractivity contribution in [3.05, 3.63) is 11.3 Å². The summed E-state index contributed by atoms with van der Waals surface area (Å²) >= 11 is 0. The molecule has 1 aliphatic rings. The Hall–Kier alpha value is -0.990. The standard InChI is InChI=1S/C12H22N2O/c1-6-14-7-13-11(9(4)5)10(8(2)3)12(14)15/h8-9,13H,6-7H2,1-5H3. The van der Waals surface area contributed by atoms with Gasteiger partial charge in [-0.2, -0.15) is 0 Å². The fourth-order valence-corrected chi connectivity index (χ4v) is 1.96. The van der Waals surface area contributed by atoms with Crippen LogP contribution in [-0.2, 0) is 4.79 Å². The van der Waals surface area contributed by atoms with Crippen LogP contribution in [0.25, 0.3) is 0 Å². The van der Waals surface area contributed by atoms with E-state index in [2.05, 4.69) is 33.0 Å². The van der Waals surface area contributed by atoms with Crippen LogP contribution >= 0.6 is 0 Å². The summed E-state index contributed by atoms with van der Waals surface area (Å²) in [5, 5.41) is 3.37. The van der Waals surface area contributed by atoms with E-state index in [0.717, 1.165) is 17.8 Å². The highest BCUT2D eigenvalue weighted by atomic mass is 16.2. The van der Waals surface area contributed by atoms with Crippen LogP contribution in [0.4, 0.5) is 0 Å². The SMILES string of the molecule is CCN1CNC(C(C)C)=C(C(C)C)C1=O. The summed E-state index contributed by atoms with van der Waals surface area (Å²) in [5.74, 6) is 0.886. The van der Waals surface area contributed by atoms with Gasteiger partial charge in [0.05, 0.1) is 6.67 Å². The smallest absolute Gasteiger partial charge is 0.253 e. The van der Waals surface area contributed by atoms with Gasteiger partial charge in [-0.1, -0.05) is 27.7 Å². The lowest BCUT2D eigenvalue weighted by Gasteiger charge is -2.34. The average molecular weight is 210 g/mol. The number of rotatable bonds is 3. The molecule has 0 aromatic rings. The van der Waals surface area contributed by atoms with Crippen molar-refractivity contribution in [2.75, 3.05) is 13.2 Å². The van der Waals surface area contributed by atoms with Gasteiger partial charge in [0.25, 0.3) is 5.91 Å². The predicted molar refractivity (Wildman–Crippen MR) is 62.1 cm³/mol. The number of amides is 1. The van der Waals surface area contributed by atoms with Crippen LogP contribution in [-0.4, -0.2) is 24.0 Å². The van der Waals surface area contributed by atoms with Crippen LogP contribution in [0.3, 0.4) is 0 Å². The number of likely N-dealkylation sites (N-methyl/N-ethyl adjacent to an activating group) is 1. The highest BCUT2D eigenvalue weighted by molar-refractivity contribution is 5.95. The van der Waals surface area contributed by atoms with Crippen molar-refractivity contribution < 1.29 is 4.79 Å². The Labute approximate surface area is 92.5 Å². The normalized spacial score (nSPS) is 17.8. The van der Waals surface area contributed by atoms with Gasteiger partial charge in [0.2, 0.25) is 0 Å². The Kier molecular flexibility index (Phi) is 3.77. The van der Waals surface area contributed by atoms with E-state index in [0.29, 0.717) is 12.6 Å². The van der Waals surface area contributed by atoms with Crippen molar-refractivity contribution in [2.45, 2.75) is 34.6 Å². The van der Waals surface area contributed by atoms with Crippen LogP contribution in [0.5, 0.6) is 0 Å². The van der Waals surface area contributed by atoms with Gasteiger partial charge in [0.15, 0.2) is 0 Å². The van der Waals surface area contributed by atoms with Gasteiger partial charge in [-0.25, -0.2) is 0 Å². The molecule has 0 aromatic heterocycles. The van der Waals surface area contributed by atoms with Gasteiger partial charge < -0.3 is 10.2 Å². The molecule has 0 saturated carbocycles. The molecule has 1 amide bonds. The summed E-state index contributed by atoms with van der Waals surface area (Å²) in [6.07, 6.45) is 0. The summed E-state index contributed by atoms with van der Waals surface area (Å²) in [5.41, 5.74) is 2.08. The minimum Gasteiger partial charge on any atom is -0.370 e. The third kappa shape index (κ3) is 2.33. The first-order valence-electron chi connectivity index (χ1n) is 5.76. The maximum absolute atomic E-state index is 12.1. The van der Waals surface area contributed by atoms with Crippen LogP contribution in [0.1, 0.15) is 34.6 Å². The molecule has 1 heterocycles. The first kappa shape index (κ1) is 12.1. The topological polar surface area (TPSA) is 32.3 Å². The second kappa shape index (κ2) is 4.69. The number of carbonyl (C=O) groups is 1. The van der Waals surface area contributed by atoms with Crippen molar-refractivity contribution in [2.24, 2.45) is 11.8 Å². The largest absolute Gasteiger partial charge is 0.370 e. The number of allylic oxidation sites excluding steroid dienone is 1. The molecule has 15 heavy (non-hydrogen) atoms. The Morgan fingerprint density at radius 3 is 2.27 bits per heavy atom. The Morgan fingerprint density at radius 1 is 1.27 bits per heavy atom. The van der Waals surface area contributed by atoms with Crippen LogP contribution < -0.4 is 5.32 Å². The molecule has 3 nitrogen and oxygen atoms in total. The van der Waals surface area contributed by atoms with Crippen molar-refractivity contribution in [3.63, 3.8) is 0 Å². The number of hydrogen-bond donors (Lipinski definition) is 1. The maximum atomic E-state index is 12.1. The molecule has 0 aliphatic carbocycles. The second-order valence-corrected chi connectivity index (χ2v) is 4.63. The van der Waals surface area contributed by atoms with E-state index in [-0.39, 0.29) is 11.8 Å². The molecule has 0 aromatic carbocycles. The van der Waals surface area contributed by atoms with Crippen molar-refractivity contribution in [1.29, 1.82) is 0 Å². The fourth-order valence-electron chi connectivity index (χ4n) is 1.96. The number of nitrogens with zero attached hydrogens (tertiary/aromatic N) is 1. The molecule has 1 aliphatic heterocycles. The molecule has 0 unspecified atom stereocenters. The van der Waals surface area contributed by atoms with E-state index in [1.807, 2.05) is 11.8 Å². The second-order valence-electron chi connectivity index (χ2n) is 4.63. The van der Waals surface area contributed by atoms with Gasteiger partial charge >= 0.3 is 0 Å². The van der Waals surface area contributed by atoms with E-state index in [4.69, 9.17) is 0 Å². The summed E-state index contributed by atoms with van der Waals surface area (Å²) in [6.45, 7) is 11.8. The van der Waals surface area contributed by atoms with E-state index in [1.54, 1.807) is 0 Å². The molecule has 0 spiro atoms. The lowest BCUT2D eigenvalue weighted by molar-refractivity contribution is -0.128. The molecule has 1 N–H and O–H groups in total. The minimum atomic E-state index is 0.204. The first-order chi connectivity index (χ1) is 6.99. The van der Waals surface area contributed by atoms with Crippen LogP contribution in [0, 0.1) is 11.8 Å². The molecule has 1 rings (SSSR count). The highest BCUT2D eigenvalue weighted by Gasteiger charge is 2.28. The number of nitrogens with one attached hydrogen (secondary N) is 1. The zero-order valence-corrected chi connectivity index (χ0v) is 10.4. The number of carbonyl (C=O) groups excluding carboxylic acids is 1.